The molecule has 2 rings (SSSR count). The number of phenols is 1. The molecule has 0 saturated carbocycles. The Labute approximate surface area is 274 Å². The van der Waals surface area contributed by atoms with Gasteiger partial charge in [-0.1, -0.05) is 6.07 Å². The molecule has 1 fully saturated rings. The SMILES string of the molecule is CCOP1(=O)CCN(Cc2ccc(O)c(OC)c2)CC1(CCCCN(C(=O)OC(C)(C)C)C(=O)OC(C)(C)C)C(=O)OC(C)(C)C. The van der Waals surface area contributed by atoms with Gasteiger partial charge in [-0.05, 0) is 106 Å². The Bertz CT molecular complexity index is 1240. The Kier molecular flexibility index (Phi) is 13.2. The van der Waals surface area contributed by atoms with Gasteiger partial charge in [-0.15, -0.1) is 0 Å². The molecule has 1 heterocycles. The van der Waals surface area contributed by atoms with E-state index in [2.05, 4.69) is 0 Å². The van der Waals surface area contributed by atoms with Crippen LogP contribution in [0.4, 0.5) is 9.59 Å². The Morgan fingerprint density at radius 2 is 1.50 bits per heavy atom. The molecule has 1 N–H and O–H groups in total. The number of unbranched alkanes of at least 4 members (excludes halogenated alkanes) is 1. The van der Waals surface area contributed by atoms with Crippen LogP contribution in [0.25, 0.3) is 0 Å². The van der Waals surface area contributed by atoms with E-state index < -0.39 is 47.5 Å². The van der Waals surface area contributed by atoms with Crippen LogP contribution in [0.5, 0.6) is 11.5 Å². The summed E-state index contributed by atoms with van der Waals surface area (Å²) < 4.78 is 42.7. The Balaban J connectivity index is 2.41. The van der Waals surface area contributed by atoms with Crippen LogP contribution >= 0.6 is 7.37 Å². The van der Waals surface area contributed by atoms with Crippen LogP contribution < -0.4 is 4.74 Å². The first-order chi connectivity index (χ1) is 21.0. The zero-order valence-electron chi connectivity index (χ0n) is 29.6. The van der Waals surface area contributed by atoms with E-state index >= 15 is 0 Å². The second-order valence-corrected chi connectivity index (χ2v) is 17.5. The average molecular weight is 671 g/mol. The molecule has 1 saturated heterocycles. The third-order valence-electron chi connectivity index (χ3n) is 7.06. The minimum Gasteiger partial charge on any atom is -0.504 e. The fraction of sp³-hybridized carbons (Fsp3) is 0.727. The number of nitrogens with zero attached hydrogens (tertiary/aromatic N) is 2. The first-order valence-corrected chi connectivity index (χ1v) is 17.6. The van der Waals surface area contributed by atoms with Crippen LogP contribution in [0, 0.1) is 0 Å². The maximum Gasteiger partial charge on any atom is 0.419 e. The molecule has 0 aliphatic carbocycles. The molecule has 0 bridgehead atoms. The summed E-state index contributed by atoms with van der Waals surface area (Å²) in [6.07, 6.45) is -0.806. The predicted octanol–water partition coefficient (Wildman–Crippen LogP) is 6.95. The number of amides is 2. The number of phenolic OH excluding ortho intramolecular Hbond substituents is 1. The summed E-state index contributed by atoms with van der Waals surface area (Å²) in [4.78, 5) is 43.1. The van der Waals surface area contributed by atoms with Crippen molar-refractivity contribution in [2.75, 3.05) is 39.5 Å². The minimum absolute atomic E-state index is 0.0145. The zero-order valence-corrected chi connectivity index (χ0v) is 30.5. The van der Waals surface area contributed by atoms with E-state index in [4.69, 9.17) is 23.5 Å². The van der Waals surface area contributed by atoms with E-state index in [1.807, 2.05) is 4.90 Å². The second-order valence-electron chi connectivity index (χ2n) is 14.6. The van der Waals surface area contributed by atoms with Gasteiger partial charge in [0.15, 0.2) is 16.7 Å². The maximum absolute atomic E-state index is 14.7. The Hall–Kier alpha value is -2.82. The molecule has 2 amide bonds. The molecule has 1 aliphatic heterocycles. The van der Waals surface area contributed by atoms with Crippen molar-refractivity contribution in [3.8, 4) is 11.5 Å². The number of ether oxygens (including phenoxy) is 4. The molecule has 0 radical (unpaired) electrons. The lowest BCUT2D eigenvalue weighted by Gasteiger charge is -2.46. The number of carbonyl (C=O) groups excluding carboxylic acids is 3. The van der Waals surface area contributed by atoms with Crippen molar-refractivity contribution in [1.29, 1.82) is 0 Å². The van der Waals surface area contributed by atoms with Crippen molar-refractivity contribution in [1.82, 2.24) is 9.80 Å². The lowest BCUT2D eigenvalue weighted by molar-refractivity contribution is -0.160. The van der Waals surface area contributed by atoms with Crippen molar-refractivity contribution in [2.24, 2.45) is 0 Å². The molecule has 262 valence electrons. The maximum atomic E-state index is 14.7. The van der Waals surface area contributed by atoms with Gasteiger partial charge in [0.1, 0.15) is 16.8 Å². The molecule has 12 nitrogen and oxygen atoms in total. The summed E-state index contributed by atoms with van der Waals surface area (Å²) in [5.41, 5.74) is -1.69. The number of hydrogen-bond donors (Lipinski definition) is 1. The normalized spacial score (nSPS) is 20.9. The van der Waals surface area contributed by atoms with E-state index in [-0.39, 0.29) is 44.4 Å². The number of carbonyl (C=O) groups is 3. The number of methoxy groups -OCH3 is 1. The molecule has 1 aliphatic rings. The van der Waals surface area contributed by atoms with Crippen molar-refractivity contribution in [3.05, 3.63) is 23.8 Å². The standard InChI is InChI=1S/C33H55N2O10P/c1-12-42-46(40)20-19-34(22-24-15-16-25(36)26(21-24)41-11)23-33(46,27(37)43-30(2,3)4)17-13-14-18-35(28(38)44-31(5,6)7)29(39)45-32(8,9)10/h15-16,21,36H,12-14,17-20,22-23H2,1-11H3. The molecule has 1 aromatic carbocycles. The van der Waals surface area contributed by atoms with E-state index in [9.17, 15) is 24.1 Å². The number of aromatic hydroxyl groups is 1. The molecule has 2 atom stereocenters. The lowest BCUT2D eigenvalue weighted by atomic mass is 9.98. The summed E-state index contributed by atoms with van der Waals surface area (Å²) >= 11 is 0. The van der Waals surface area contributed by atoms with E-state index in [0.29, 0.717) is 25.3 Å². The van der Waals surface area contributed by atoms with Gasteiger partial charge in [0.25, 0.3) is 0 Å². The first-order valence-electron chi connectivity index (χ1n) is 15.8. The van der Waals surface area contributed by atoms with E-state index in [0.717, 1.165) is 10.5 Å². The zero-order chi connectivity index (χ0) is 35.1. The monoisotopic (exact) mass is 670 g/mol. The summed E-state index contributed by atoms with van der Waals surface area (Å²) in [7, 11) is -2.13. The number of benzene rings is 1. The van der Waals surface area contributed by atoms with Gasteiger partial charge in [-0.3, -0.25) is 14.3 Å². The van der Waals surface area contributed by atoms with Gasteiger partial charge in [0, 0.05) is 32.3 Å². The first kappa shape index (κ1) is 39.4. The van der Waals surface area contributed by atoms with Gasteiger partial charge in [0.05, 0.1) is 13.7 Å². The molecular formula is C33H55N2O10P. The molecule has 0 aromatic heterocycles. The summed E-state index contributed by atoms with van der Waals surface area (Å²) in [5, 5.41) is 8.56. The largest absolute Gasteiger partial charge is 0.504 e. The van der Waals surface area contributed by atoms with Crippen molar-refractivity contribution >= 4 is 25.5 Å². The topological polar surface area (TPSA) is 141 Å². The van der Waals surface area contributed by atoms with E-state index in [1.165, 1.54) is 7.11 Å². The van der Waals surface area contributed by atoms with Crippen LogP contribution in [0.2, 0.25) is 0 Å². The summed E-state index contributed by atoms with van der Waals surface area (Å²) in [6, 6.07) is 5.04. The van der Waals surface area contributed by atoms with Crippen LogP contribution in [0.1, 0.15) is 94.1 Å². The van der Waals surface area contributed by atoms with Crippen molar-refractivity contribution in [3.63, 3.8) is 0 Å². The van der Waals surface area contributed by atoms with Crippen LogP contribution in [0.3, 0.4) is 0 Å². The average Bonchev–Trinajstić information content (AvgIpc) is 2.88. The molecular weight excluding hydrogens is 615 g/mol. The van der Waals surface area contributed by atoms with Gasteiger partial charge in [0.2, 0.25) is 7.37 Å². The third kappa shape index (κ3) is 11.2. The predicted molar refractivity (Wildman–Crippen MR) is 176 cm³/mol. The van der Waals surface area contributed by atoms with Gasteiger partial charge >= 0.3 is 18.2 Å². The number of rotatable bonds is 11. The van der Waals surface area contributed by atoms with Gasteiger partial charge in [-0.2, -0.15) is 0 Å². The summed E-state index contributed by atoms with van der Waals surface area (Å²) in [5.74, 6) is -0.269. The number of hydrogen-bond acceptors (Lipinski definition) is 11. The quantitative estimate of drug-likeness (QED) is 0.113. The second kappa shape index (κ2) is 15.4. The van der Waals surface area contributed by atoms with Gasteiger partial charge in [-0.25, -0.2) is 14.5 Å². The lowest BCUT2D eigenvalue weighted by Crippen LogP contribution is -2.56. The minimum atomic E-state index is -3.60. The highest BCUT2D eigenvalue weighted by molar-refractivity contribution is 7.62. The van der Waals surface area contributed by atoms with E-state index in [1.54, 1.807) is 87.4 Å². The highest BCUT2D eigenvalue weighted by atomic mass is 31.2. The van der Waals surface area contributed by atoms with Crippen LogP contribution in [-0.2, 0) is 34.6 Å². The van der Waals surface area contributed by atoms with Gasteiger partial charge < -0.3 is 28.6 Å². The smallest absolute Gasteiger partial charge is 0.419 e. The summed E-state index contributed by atoms with van der Waals surface area (Å²) in [6.45, 7) is 18.3. The molecule has 46 heavy (non-hydrogen) atoms. The number of imide groups is 1. The fourth-order valence-electron chi connectivity index (χ4n) is 5.16. The van der Waals surface area contributed by atoms with Crippen molar-refractivity contribution < 1.29 is 47.5 Å². The highest BCUT2D eigenvalue weighted by Crippen LogP contribution is 2.64. The van der Waals surface area contributed by atoms with Crippen molar-refractivity contribution in [2.45, 2.75) is 117 Å². The van der Waals surface area contributed by atoms with Crippen LogP contribution in [0.15, 0.2) is 18.2 Å². The third-order valence-corrected chi connectivity index (χ3v) is 10.4. The molecule has 2 unspecified atom stereocenters. The Morgan fingerprint density at radius 3 is 2.00 bits per heavy atom. The molecule has 13 heteroatoms. The number of esters is 1. The highest BCUT2D eigenvalue weighted by Gasteiger charge is 2.59. The Morgan fingerprint density at radius 1 is 0.935 bits per heavy atom. The molecule has 0 spiro atoms. The van der Waals surface area contributed by atoms with Crippen LogP contribution in [-0.4, -0.2) is 94.5 Å². The molecule has 1 aromatic rings. The fourth-order valence-corrected chi connectivity index (χ4v) is 8.17.